The number of esters is 2. The van der Waals surface area contributed by atoms with Crippen LogP contribution in [0.5, 0.6) is 5.75 Å². The molecule has 0 fully saturated rings. The number of ether oxygens (including phenoxy) is 2. The molecule has 0 amide bonds. The second-order valence-electron chi connectivity index (χ2n) is 8.01. The first-order chi connectivity index (χ1) is 14.2. The Morgan fingerprint density at radius 3 is 1.90 bits per heavy atom. The first-order valence-corrected chi connectivity index (χ1v) is 10.7. The number of benzene rings is 1. The summed E-state index contributed by atoms with van der Waals surface area (Å²) in [4.78, 5) is 24.4. The lowest BCUT2D eigenvalue weighted by molar-refractivity contribution is -0.164. The molecule has 0 aromatic heterocycles. The zero-order valence-electron chi connectivity index (χ0n) is 18.2. The molecule has 0 spiro atoms. The van der Waals surface area contributed by atoms with Crippen molar-refractivity contribution in [2.24, 2.45) is 5.41 Å². The largest absolute Gasteiger partial charge is 0.465 e. The van der Waals surface area contributed by atoms with Crippen molar-refractivity contribution >= 4 is 11.9 Å². The van der Waals surface area contributed by atoms with Crippen molar-refractivity contribution in [3.05, 3.63) is 29.6 Å². The third kappa shape index (κ3) is 8.36. The van der Waals surface area contributed by atoms with Crippen molar-refractivity contribution in [1.82, 2.24) is 0 Å². The van der Waals surface area contributed by atoms with Crippen molar-refractivity contribution in [3.8, 4) is 5.75 Å². The van der Waals surface area contributed by atoms with E-state index in [-0.39, 0.29) is 6.61 Å². The molecule has 0 heterocycles. The first kappa shape index (κ1) is 26.0. The molecule has 170 valence electrons. The summed E-state index contributed by atoms with van der Waals surface area (Å²) in [5.41, 5.74) is -1.71. The molecule has 1 rings (SSSR count). The monoisotopic (exact) mass is 430 g/mol. The molecule has 0 unspecified atom stereocenters. The van der Waals surface area contributed by atoms with E-state index in [0.717, 1.165) is 25.3 Å². The van der Waals surface area contributed by atoms with Crippen LogP contribution in [0.4, 0.5) is 13.2 Å². The normalized spacial score (nSPS) is 11.4. The Hall–Kier alpha value is -2.05. The van der Waals surface area contributed by atoms with Crippen molar-refractivity contribution in [2.75, 3.05) is 6.61 Å². The standard InChI is InChI=1S/C23H33F3O4/c1-4-5-6-7-8-9-10-11-12-13-16-29-21(27)23(2,3)22(28)30-18-15-14-17(24)19(25)20(18)26/h14-15H,4-13,16H2,1-3H3. The highest BCUT2D eigenvalue weighted by Gasteiger charge is 2.40. The quantitative estimate of drug-likeness (QED) is 0.111. The van der Waals surface area contributed by atoms with Crippen molar-refractivity contribution < 1.29 is 32.2 Å². The molecule has 1 aromatic carbocycles. The summed E-state index contributed by atoms with van der Waals surface area (Å²) in [5, 5.41) is 0. The minimum absolute atomic E-state index is 0.172. The van der Waals surface area contributed by atoms with Crippen LogP contribution in [-0.4, -0.2) is 18.5 Å². The third-order valence-electron chi connectivity index (χ3n) is 4.95. The molecule has 0 saturated carbocycles. The molecule has 0 aliphatic heterocycles. The average Bonchev–Trinajstić information content (AvgIpc) is 2.72. The third-order valence-corrected chi connectivity index (χ3v) is 4.95. The maximum Gasteiger partial charge on any atom is 0.328 e. The van der Waals surface area contributed by atoms with Crippen molar-refractivity contribution in [3.63, 3.8) is 0 Å². The van der Waals surface area contributed by atoms with E-state index in [1.165, 1.54) is 52.4 Å². The number of hydrogen-bond donors (Lipinski definition) is 0. The predicted molar refractivity (Wildman–Crippen MR) is 109 cm³/mol. The Kier molecular flexibility index (Phi) is 11.5. The van der Waals surface area contributed by atoms with Crippen LogP contribution in [0, 0.1) is 22.9 Å². The zero-order valence-corrected chi connectivity index (χ0v) is 18.2. The van der Waals surface area contributed by atoms with Gasteiger partial charge in [0.25, 0.3) is 0 Å². The van der Waals surface area contributed by atoms with E-state index in [9.17, 15) is 22.8 Å². The highest BCUT2D eigenvalue weighted by molar-refractivity contribution is 5.99. The Morgan fingerprint density at radius 2 is 1.33 bits per heavy atom. The van der Waals surface area contributed by atoms with Gasteiger partial charge in [-0.3, -0.25) is 9.59 Å². The number of hydrogen-bond acceptors (Lipinski definition) is 4. The van der Waals surface area contributed by atoms with E-state index in [1.807, 2.05) is 0 Å². The molecule has 0 saturated heterocycles. The smallest absolute Gasteiger partial charge is 0.328 e. The molecule has 0 aliphatic carbocycles. The van der Waals surface area contributed by atoms with Crippen LogP contribution in [-0.2, 0) is 14.3 Å². The van der Waals surface area contributed by atoms with Crippen LogP contribution >= 0.6 is 0 Å². The van der Waals surface area contributed by atoms with Crippen LogP contribution in [0.1, 0.15) is 85.0 Å². The molecule has 7 heteroatoms. The number of rotatable bonds is 14. The summed E-state index contributed by atoms with van der Waals surface area (Å²) in [5.74, 6) is -7.48. The fraction of sp³-hybridized carbons (Fsp3) is 0.652. The summed E-state index contributed by atoms with van der Waals surface area (Å²) in [6.45, 7) is 4.91. The lowest BCUT2D eigenvalue weighted by Crippen LogP contribution is -2.38. The Bertz CT molecular complexity index is 689. The maximum atomic E-state index is 13.7. The Labute approximate surface area is 177 Å². The van der Waals surface area contributed by atoms with Gasteiger partial charge in [-0.1, -0.05) is 64.7 Å². The van der Waals surface area contributed by atoms with Crippen molar-refractivity contribution in [2.45, 2.75) is 85.0 Å². The number of unbranched alkanes of at least 4 members (excludes halogenated alkanes) is 9. The van der Waals surface area contributed by atoms with Crippen LogP contribution in [0.25, 0.3) is 0 Å². The van der Waals surface area contributed by atoms with Crippen LogP contribution in [0.15, 0.2) is 12.1 Å². The summed E-state index contributed by atoms with van der Waals surface area (Å²) in [6.07, 6.45) is 11.4. The maximum absolute atomic E-state index is 13.7. The first-order valence-electron chi connectivity index (χ1n) is 10.7. The molecule has 4 nitrogen and oxygen atoms in total. The molecule has 0 bridgehead atoms. The molecule has 0 N–H and O–H groups in total. The topological polar surface area (TPSA) is 52.6 Å². The van der Waals surface area contributed by atoms with Gasteiger partial charge in [0.05, 0.1) is 6.61 Å². The van der Waals surface area contributed by atoms with Gasteiger partial charge >= 0.3 is 11.9 Å². The van der Waals surface area contributed by atoms with Crippen molar-refractivity contribution in [1.29, 1.82) is 0 Å². The fourth-order valence-corrected chi connectivity index (χ4v) is 2.83. The van der Waals surface area contributed by atoms with E-state index < -0.39 is 40.6 Å². The van der Waals surface area contributed by atoms with E-state index in [2.05, 4.69) is 6.92 Å². The Morgan fingerprint density at radius 1 is 0.800 bits per heavy atom. The molecular weight excluding hydrogens is 397 g/mol. The number of halogens is 3. The predicted octanol–water partition coefficient (Wildman–Crippen LogP) is 6.50. The van der Waals surface area contributed by atoms with Gasteiger partial charge in [0, 0.05) is 0 Å². The van der Waals surface area contributed by atoms with Gasteiger partial charge < -0.3 is 9.47 Å². The molecule has 0 atom stereocenters. The lowest BCUT2D eigenvalue weighted by atomic mass is 9.94. The van der Waals surface area contributed by atoms with Gasteiger partial charge in [-0.2, -0.15) is 4.39 Å². The molecule has 0 radical (unpaired) electrons. The van der Waals surface area contributed by atoms with Gasteiger partial charge in [0.15, 0.2) is 22.8 Å². The van der Waals surface area contributed by atoms with E-state index >= 15 is 0 Å². The van der Waals surface area contributed by atoms with Gasteiger partial charge in [-0.05, 0) is 32.4 Å². The minimum atomic E-state index is -1.75. The summed E-state index contributed by atoms with van der Waals surface area (Å²) >= 11 is 0. The number of carbonyl (C=O) groups excluding carboxylic acids is 2. The molecule has 0 aliphatic rings. The van der Waals surface area contributed by atoms with E-state index in [1.54, 1.807) is 0 Å². The van der Waals surface area contributed by atoms with E-state index in [4.69, 9.17) is 9.47 Å². The second-order valence-corrected chi connectivity index (χ2v) is 8.01. The summed E-state index contributed by atoms with van der Waals surface area (Å²) in [7, 11) is 0. The zero-order chi connectivity index (χ0) is 22.6. The van der Waals surface area contributed by atoms with Gasteiger partial charge in [-0.25, -0.2) is 8.78 Å². The summed E-state index contributed by atoms with van der Waals surface area (Å²) < 4.78 is 49.8. The lowest BCUT2D eigenvalue weighted by Gasteiger charge is -2.20. The highest BCUT2D eigenvalue weighted by atomic mass is 19.2. The highest BCUT2D eigenvalue weighted by Crippen LogP contribution is 2.26. The van der Waals surface area contributed by atoms with Crippen LogP contribution in [0.2, 0.25) is 0 Å². The van der Waals surface area contributed by atoms with Gasteiger partial charge in [0.2, 0.25) is 5.82 Å². The van der Waals surface area contributed by atoms with E-state index in [0.29, 0.717) is 12.5 Å². The number of carbonyl (C=O) groups is 2. The second kappa shape index (κ2) is 13.3. The molecular formula is C23H33F3O4. The fourth-order valence-electron chi connectivity index (χ4n) is 2.83. The minimum Gasteiger partial charge on any atom is -0.465 e. The SMILES string of the molecule is CCCCCCCCCCCCOC(=O)C(C)(C)C(=O)Oc1ccc(F)c(F)c1F. The van der Waals surface area contributed by atoms with Gasteiger partial charge in [0.1, 0.15) is 0 Å². The molecule has 30 heavy (non-hydrogen) atoms. The average molecular weight is 431 g/mol. The summed E-state index contributed by atoms with van der Waals surface area (Å²) in [6, 6.07) is 1.43. The Balaban J connectivity index is 2.30. The van der Waals surface area contributed by atoms with Gasteiger partial charge in [-0.15, -0.1) is 0 Å². The van der Waals surface area contributed by atoms with Crippen LogP contribution < -0.4 is 4.74 Å². The van der Waals surface area contributed by atoms with Crippen LogP contribution in [0.3, 0.4) is 0 Å². The molecule has 1 aromatic rings.